The Bertz CT molecular complexity index is 810. The lowest BCUT2D eigenvalue weighted by Gasteiger charge is -2.08. The molecule has 1 aromatic heterocycles. The van der Waals surface area contributed by atoms with Gasteiger partial charge in [-0.3, -0.25) is 0 Å². The van der Waals surface area contributed by atoms with Gasteiger partial charge in [-0.2, -0.15) is 0 Å². The van der Waals surface area contributed by atoms with Crippen molar-refractivity contribution >= 4 is 16.8 Å². The van der Waals surface area contributed by atoms with E-state index in [9.17, 15) is 0 Å². The normalized spacial score (nSPS) is 12.8. The molecular formula is C16H14N2O3. The molecule has 0 amide bonds. The number of oxazole rings is 1. The molecule has 2 heterocycles. The molecule has 106 valence electrons. The average molecular weight is 282 g/mol. The SMILES string of the molecule is Cc1nc2cc(NCc3cccc4c3OCO4)ccc2o1. The van der Waals surface area contributed by atoms with E-state index in [4.69, 9.17) is 13.9 Å². The predicted molar refractivity (Wildman–Crippen MR) is 78.6 cm³/mol. The van der Waals surface area contributed by atoms with Crippen LogP contribution in [0, 0.1) is 6.92 Å². The van der Waals surface area contributed by atoms with E-state index in [1.165, 1.54) is 0 Å². The summed E-state index contributed by atoms with van der Waals surface area (Å²) >= 11 is 0. The standard InChI is InChI=1S/C16H14N2O3/c1-10-18-13-7-12(5-6-14(13)21-10)17-8-11-3-2-4-15-16(11)20-9-19-15/h2-7,17H,8-9H2,1H3. The highest BCUT2D eigenvalue weighted by atomic mass is 16.7. The molecule has 0 unspecified atom stereocenters. The molecule has 0 spiro atoms. The van der Waals surface area contributed by atoms with Crippen molar-refractivity contribution in [3.8, 4) is 11.5 Å². The van der Waals surface area contributed by atoms with Gasteiger partial charge in [0.25, 0.3) is 0 Å². The number of rotatable bonds is 3. The minimum atomic E-state index is 0.288. The van der Waals surface area contributed by atoms with Crippen molar-refractivity contribution in [3.63, 3.8) is 0 Å². The van der Waals surface area contributed by atoms with Crippen LogP contribution in [-0.4, -0.2) is 11.8 Å². The largest absolute Gasteiger partial charge is 0.454 e. The lowest BCUT2D eigenvalue weighted by molar-refractivity contribution is 0.173. The van der Waals surface area contributed by atoms with Crippen LogP contribution in [0.1, 0.15) is 11.5 Å². The third-order valence-electron chi connectivity index (χ3n) is 3.46. The summed E-state index contributed by atoms with van der Waals surface area (Å²) in [4.78, 5) is 4.34. The van der Waals surface area contributed by atoms with Gasteiger partial charge in [0, 0.05) is 24.7 Å². The van der Waals surface area contributed by atoms with Crippen molar-refractivity contribution in [2.24, 2.45) is 0 Å². The van der Waals surface area contributed by atoms with E-state index >= 15 is 0 Å². The Kier molecular flexibility index (Phi) is 2.70. The third-order valence-corrected chi connectivity index (χ3v) is 3.46. The molecule has 1 N–H and O–H groups in total. The summed E-state index contributed by atoms with van der Waals surface area (Å²) in [5.41, 5.74) is 3.72. The highest BCUT2D eigenvalue weighted by Crippen LogP contribution is 2.35. The molecule has 0 aliphatic carbocycles. The number of hydrogen-bond donors (Lipinski definition) is 1. The van der Waals surface area contributed by atoms with Crippen LogP contribution in [0.3, 0.4) is 0 Å². The van der Waals surface area contributed by atoms with Crippen LogP contribution in [0.5, 0.6) is 11.5 Å². The fourth-order valence-electron chi connectivity index (χ4n) is 2.48. The minimum Gasteiger partial charge on any atom is -0.454 e. The fraction of sp³-hybridized carbons (Fsp3) is 0.188. The lowest BCUT2D eigenvalue weighted by Crippen LogP contribution is -2.01. The molecule has 0 atom stereocenters. The van der Waals surface area contributed by atoms with Gasteiger partial charge in [0.1, 0.15) is 5.52 Å². The van der Waals surface area contributed by atoms with Crippen LogP contribution in [0.2, 0.25) is 0 Å². The first kappa shape index (κ1) is 12.1. The lowest BCUT2D eigenvalue weighted by atomic mass is 10.2. The Morgan fingerprint density at radius 3 is 3.10 bits per heavy atom. The Balaban J connectivity index is 1.57. The number of benzene rings is 2. The zero-order chi connectivity index (χ0) is 14.2. The van der Waals surface area contributed by atoms with Crippen molar-refractivity contribution < 1.29 is 13.9 Å². The molecule has 4 rings (SSSR count). The second-order valence-corrected chi connectivity index (χ2v) is 4.92. The Labute approximate surface area is 121 Å². The summed E-state index contributed by atoms with van der Waals surface area (Å²) < 4.78 is 16.4. The Hall–Kier alpha value is -2.69. The number of hydrogen-bond acceptors (Lipinski definition) is 5. The van der Waals surface area contributed by atoms with Gasteiger partial charge < -0.3 is 19.2 Å². The number of nitrogens with zero attached hydrogens (tertiary/aromatic N) is 1. The van der Waals surface area contributed by atoms with Crippen LogP contribution in [0.4, 0.5) is 5.69 Å². The second kappa shape index (κ2) is 4.70. The van der Waals surface area contributed by atoms with Gasteiger partial charge in [-0.25, -0.2) is 4.98 Å². The van der Waals surface area contributed by atoms with Crippen molar-refractivity contribution in [3.05, 3.63) is 47.9 Å². The summed E-state index contributed by atoms with van der Waals surface area (Å²) in [5, 5.41) is 3.37. The van der Waals surface area contributed by atoms with Gasteiger partial charge in [0.15, 0.2) is 23.0 Å². The zero-order valence-corrected chi connectivity index (χ0v) is 11.6. The molecular weight excluding hydrogens is 268 g/mol. The van der Waals surface area contributed by atoms with Gasteiger partial charge in [-0.1, -0.05) is 12.1 Å². The molecule has 5 nitrogen and oxygen atoms in total. The summed E-state index contributed by atoms with van der Waals surface area (Å²) in [6, 6.07) is 11.8. The fourth-order valence-corrected chi connectivity index (χ4v) is 2.48. The van der Waals surface area contributed by atoms with Crippen LogP contribution >= 0.6 is 0 Å². The van der Waals surface area contributed by atoms with Crippen LogP contribution in [-0.2, 0) is 6.54 Å². The van der Waals surface area contributed by atoms with E-state index in [0.717, 1.165) is 33.8 Å². The predicted octanol–water partition coefficient (Wildman–Crippen LogP) is 3.48. The summed E-state index contributed by atoms with van der Waals surface area (Å²) in [6.07, 6.45) is 0. The average Bonchev–Trinajstić information content (AvgIpc) is 3.09. The number of fused-ring (bicyclic) bond motifs is 2. The number of ether oxygens (including phenoxy) is 2. The number of para-hydroxylation sites is 1. The first-order valence-corrected chi connectivity index (χ1v) is 6.78. The van der Waals surface area contributed by atoms with Crippen LogP contribution < -0.4 is 14.8 Å². The van der Waals surface area contributed by atoms with Crippen molar-refractivity contribution in [1.82, 2.24) is 4.98 Å². The number of aromatic nitrogens is 1. The first-order chi connectivity index (χ1) is 10.3. The molecule has 2 aromatic carbocycles. The maximum Gasteiger partial charge on any atom is 0.231 e. The van der Waals surface area contributed by atoms with E-state index in [-0.39, 0.29) is 6.79 Å². The highest BCUT2D eigenvalue weighted by molar-refractivity contribution is 5.77. The molecule has 0 radical (unpaired) electrons. The minimum absolute atomic E-state index is 0.288. The Morgan fingerprint density at radius 1 is 1.19 bits per heavy atom. The quantitative estimate of drug-likeness (QED) is 0.797. The molecule has 5 heteroatoms. The second-order valence-electron chi connectivity index (χ2n) is 4.92. The van der Waals surface area contributed by atoms with E-state index in [1.54, 1.807) is 0 Å². The molecule has 1 aliphatic rings. The van der Waals surface area contributed by atoms with E-state index in [0.29, 0.717) is 12.4 Å². The molecule has 3 aromatic rings. The van der Waals surface area contributed by atoms with Crippen LogP contribution in [0.15, 0.2) is 40.8 Å². The van der Waals surface area contributed by atoms with E-state index < -0.39 is 0 Å². The van der Waals surface area contributed by atoms with Gasteiger partial charge in [-0.05, 0) is 24.3 Å². The summed E-state index contributed by atoms with van der Waals surface area (Å²) in [5.74, 6) is 2.30. The van der Waals surface area contributed by atoms with Gasteiger partial charge in [0.05, 0.1) is 0 Å². The van der Waals surface area contributed by atoms with Crippen molar-refractivity contribution in [2.75, 3.05) is 12.1 Å². The maximum absolute atomic E-state index is 5.50. The molecule has 21 heavy (non-hydrogen) atoms. The van der Waals surface area contributed by atoms with Gasteiger partial charge in [-0.15, -0.1) is 0 Å². The van der Waals surface area contributed by atoms with Crippen LogP contribution in [0.25, 0.3) is 11.1 Å². The molecule has 0 saturated carbocycles. The molecule has 0 bridgehead atoms. The third kappa shape index (κ3) is 2.16. The number of nitrogens with one attached hydrogen (secondary N) is 1. The van der Waals surface area contributed by atoms with Crippen molar-refractivity contribution in [2.45, 2.75) is 13.5 Å². The van der Waals surface area contributed by atoms with Gasteiger partial charge in [0.2, 0.25) is 6.79 Å². The monoisotopic (exact) mass is 282 g/mol. The Morgan fingerprint density at radius 2 is 2.14 bits per heavy atom. The van der Waals surface area contributed by atoms with E-state index in [1.807, 2.05) is 43.3 Å². The van der Waals surface area contributed by atoms with E-state index in [2.05, 4.69) is 10.3 Å². The molecule has 1 aliphatic heterocycles. The highest BCUT2D eigenvalue weighted by Gasteiger charge is 2.16. The number of anilines is 1. The first-order valence-electron chi connectivity index (χ1n) is 6.78. The topological polar surface area (TPSA) is 56.5 Å². The zero-order valence-electron chi connectivity index (χ0n) is 11.6. The molecule has 0 fully saturated rings. The summed E-state index contributed by atoms with van der Waals surface area (Å²) in [7, 11) is 0. The molecule has 0 saturated heterocycles. The number of aryl methyl sites for hydroxylation is 1. The summed E-state index contributed by atoms with van der Waals surface area (Å²) in [6.45, 7) is 2.79. The van der Waals surface area contributed by atoms with Crippen molar-refractivity contribution in [1.29, 1.82) is 0 Å². The maximum atomic E-state index is 5.50. The van der Waals surface area contributed by atoms with Gasteiger partial charge >= 0.3 is 0 Å². The smallest absolute Gasteiger partial charge is 0.231 e.